The van der Waals surface area contributed by atoms with Crippen LogP contribution in [-0.4, -0.2) is 44.1 Å². The molecule has 0 fully saturated rings. The van der Waals surface area contributed by atoms with Crippen LogP contribution in [0, 0.1) is 0 Å². The zero-order valence-corrected chi connectivity index (χ0v) is 11.7. The standard InChI is InChI=1S/C13H19ClN2O2/c1-10(13(17)16(3)9-8-15-2)18-12-7-5-4-6-11(12)14/h4-7,10,15H,8-9H2,1-3H3. The van der Waals surface area contributed by atoms with E-state index in [1.165, 1.54) is 0 Å². The highest BCUT2D eigenvalue weighted by Gasteiger charge is 2.19. The monoisotopic (exact) mass is 270 g/mol. The van der Waals surface area contributed by atoms with Crippen molar-refractivity contribution in [1.82, 2.24) is 10.2 Å². The molecule has 0 bridgehead atoms. The van der Waals surface area contributed by atoms with Crippen molar-refractivity contribution in [2.45, 2.75) is 13.0 Å². The fourth-order valence-corrected chi connectivity index (χ4v) is 1.66. The second-order valence-electron chi connectivity index (χ2n) is 4.05. The number of rotatable bonds is 6. The summed E-state index contributed by atoms with van der Waals surface area (Å²) in [4.78, 5) is 13.6. The lowest BCUT2D eigenvalue weighted by Gasteiger charge is -2.22. The molecular formula is C13H19ClN2O2. The van der Waals surface area contributed by atoms with Crippen LogP contribution in [0.2, 0.25) is 5.02 Å². The Bertz CT molecular complexity index is 398. The maximum absolute atomic E-state index is 12.0. The van der Waals surface area contributed by atoms with Crippen LogP contribution >= 0.6 is 11.6 Å². The summed E-state index contributed by atoms with van der Waals surface area (Å²) in [6.07, 6.45) is -0.549. The van der Waals surface area contributed by atoms with E-state index in [4.69, 9.17) is 16.3 Å². The minimum Gasteiger partial charge on any atom is -0.479 e. The van der Waals surface area contributed by atoms with Gasteiger partial charge in [-0.15, -0.1) is 0 Å². The van der Waals surface area contributed by atoms with E-state index in [9.17, 15) is 4.79 Å². The van der Waals surface area contributed by atoms with E-state index in [2.05, 4.69) is 5.32 Å². The molecule has 4 nitrogen and oxygen atoms in total. The van der Waals surface area contributed by atoms with Gasteiger partial charge in [-0.05, 0) is 26.1 Å². The highest BCUT2D eigenvalue weighted by molar-refractivity contribution is 6.32. The first-order valence-corrected chi connectivity index (χ1v) is 6.24. The van der Waals surface area contributed by atoms with Gasteiger partial charge in [-0.25, -0.2) is 0 Å². The number of halogens is 1. The maximum Gasteiger partial charge on any atom is 0.263 e. The van der Waals surface area contributed by atoms with Crippen molar-refractivity contribution in [2.75, 3.05) is 27.2 Å². The van der Waals surface area contributed by atoms with Gasteiger partial charge in [0.15, 0.2) is 6.10 Å². The van der Waals surface area contributed by atoms with Crippen molar-refractivity contribution in [1.29, 1.82) is 0 Å². The number of amides is 1. The predicted molar refractivity (Wildman–Crippen MR) is 73.1 cm³/mol. The van der Waals surface area contributed by atoms with Gasteiger partial charge in [0.2, 0.25) is 0 Å². The molecule has 0 aromatic heterocycles. The van der Waals surface area contributed by atoms with Crippen molar-refractivity contribution in [3.63, 3.8) is 0 Å². The number of ether oxygens (including phenoxy) is 1. The van der Waals surface area contributed by atoms with Crippen LogP contribution in [0.1, 0.15) is 6.92 Å². The number of benzene rings is 1. The Labute approximate surface area is 113 Å². The van der Waals surface area contributed by atoms with Crippen LogP contribution in [0.3, 0.4) is 0 Å². The van der Waals surface area contributed by atoms with E-state index in [0.717, 1.165) is 6.54 Å². The number of nitrogens with one attached hydrogen (secondary N) is 1. The maximum atomic E-state index is 12.0. The van der Waals surface area contributed by atoms with E-state index in [1.54, 1.807) is 31.0 Å². The van der Waals surface area contributed by atoms with Crippen LogP contribution in [0.15, 0.2) is 24.3 Å². The highest BCUT2D eigenvalue weighted by atomic mass is 35.5. The van der Waals surface area contributed by atoms with Crippen molar-refractivity contribution in [3.8, 4) is 5.75 Å². The fourth-order valence-electron chi connectivity index (χ4n) is 1.48. The molecule has 0 aliphatic heterocycles. The summed E-state index contributed by atoms with van der Waals surface area (Å²) in [5, 5.41) is 3.50. The number of nitrogens with zero attached hydrogens (tertiary/aromatic N) is 1. The summed E-state index contributed by atoms with van der Waals surface area (Å²) < 4.78 is 5.56. The molecule has 0 saturated carbocycles. The van der Waals surface area contributed by atoms with Gasteiger partial charge in [-0.3, -0.25) is 4.79 Å². The third-order valence-corrected chi connectivity index (χ3v) is 2.87. The molecule has 0 aliphatic rings. The predicted octanol–water partition coefficient (Wildman–Crippen LogP) is 1.79. The smallest absolute Gasteiger partial charge is 0.263 e. The van der Waals surface area contributed by atoms with Gasteiger partial charge in [-0.1, -0.05) is 23.7 Å². The molecule has 0 aliphatic carbocycles. The Morgan fingerprint density at radius 1 is 1.50 bits per heavy atom. The number of carbonyl (C=O) groups excluding carboxylic acids is 1. The lowest BCUT2D eigenvalue weighted by Crippen LogP contribution is -2.40. The Morgan fingerprint density at radius 3 is 2.78 bits per heavy atom. The minimum absolute atomic E-state index is 0.0647. The SMILES string of the molecule is CNCCN(C)C(=O)C(C)Oc1ccccc1Cl. The van der Waals surface area contributed by atoms with Crippen LogP contribution < -0.4 is 10.1 Å². The van der Waals surface area contributed by atoms with Crippen LogP contribution in [0.4, 0.5) is 0 Å². The zero-order valence-electron chi connectivity index (χ0n) is 10.9. The second kappa shape index (κ2) is 7.24. The van der Waals surface area contributed by atoms with Crippen LogP contribution in [-0.2, 0) is 4.79 Å². The molecule has 1 atom stereocenters. The molecule has 100 valence electrons. The van der Waals surface area contributed by atoms with Crippen molar-refractivity contribution >= 4 is 17.5 Å². The van der Waals surface area contributed by atoms with Crippen LogP contribution in [0.5, 0.6) is 5.75 Å². The van der Waals surface area contributed by atoms with Gasteiger partial charge in [0, 0.05) is 20.1 Å². The highest BCUT2D eigenvalue weighted by Crippen LogP contribution is 2.24. The lowest BCUT2D eigenvalue weighted by atomic mass is 10.3. The summed E-state index contributed by atoms with van der Waals surface area (Å²) in [7, 11) is 3.61. The van der Waals surface area contributed by atoms with Gasteiger partial charge in [0.25, 0.3) is 5.91 Å². The summed E-state index contributed by atoms with van der Waals surface area (Å²) in [5.74, 6) is 0.465. The molecule has 1 unspecified atom stereocenters. The summed E-state index contributed by atoms with van der Waals surface area (Å²) in [6, 6.07) is 7.13. The Hall–Kier alpha value is -1.26. The molecule has 1 amide bonds. The normalized spacial score (nSPS) is 12.0. The minimum atomic E-state index is -0.549. The third-order valence-electron chi connectivity index (χ3n) is 2.56. The first-order valence-electron chi connectivity index (χ1n) is 5.87. The van der Waals surface area contributed by atoms with Gasteiger partial charge < -0.3 is 15.0 Å². The topological polar surface area (TPSA) is 41.6 Å². The van der Waals surface area contributed by atoms with E-state index < -0.39 is 6.10 Å². The number of hydrogen-bond acceptors (Lipinski definition) is 3. The molecule has 0 spiro atoms. The average molecular weight is 271 g/mol. The summed E-state index contributed by atoms with van der Waals surface area (Å²) >= 11 is 5.98. The van der Waals surface area contributed by atoms with Crippen LogP contribution in [0.25, 0.3) is 0 Å². The van der Waals surface area contributed by atoms with Crippen molar-refractivity contribution in [3.05, 3.63) is 29.3 Å². The molecule has 0 radical (unpaired) electrons. The van der Waals surface area contributed by atoms with E-state index in [0.29, 0.717) is 17.3 Å². The number of carbonyl (C=O) groups is 1. The Kier molecular flexibility index (Phi) is 5.95. The number of para-hydroxylation sites is 1. The molecule has 0 saturated heterocycles. The summed E-state index contributed by atoms with van der Waals surface area (Å²) in [6.45, 7) is 3.12. The molecule has 1 rings (SSSR count). The average Bonchev–Trinajstić information content (AvgIpc) is 2.37. The van der Waals surface area contributed by atoms with Gasteiger partial charge in [-0.2, -0.15) is 0 Å². The molecule has 1 aromatic rings. The second-order valence-corrected chi connectivity index (χ2v) is 4.46. The Morgan fingerprint density at radius 2 is 2.17 bits per heavy atom. The molecule has 5 heteroatoms. The fraction of sp³-hybridized carbons (Fsp3) is 0.462. The molecule has 18 heavy (non-hydrogen) atoms. The van der Waals surface area contributed by atoms with Gasteiger partial charge >= 0.3 is 0 Å². The number of likely N-dealkylation sites (N-methyl/N-ethyl adjacent to an activating group) is 2. The van der Waals surface area contributed by atoms with E-state index in [-0.39, 0.29) is 5.91 Å². The molecule has 1 N–H and O–H groups in total. The Balaban J connectivity index is 2.57. The zero-order chi connectivity index (χ0) is 13.5. The van der Waals surface area contributed by atoms with Crippen molar-refractivity contribution in [2.24, 2.45) is 0 Å². The first kappa shape index (κ1) is 14.8. The quantitative estimate of drug-likeness (QED) is 0.857. The van der Waals surface area contributed by atoms with E-state index in [1.807, 2.05) is 19.2 Å². The van der Waals surface area contributed by atoms with Gasteiger partial charge in [0.1, 0.15) is 5.75 Å². The largest absolute Gasteiger partial charge is 0.479 e. The molecule has 1 aromatic carbocycles. The lowest BCUT2D eigenvalue weighted by molar-refractivity contribution is -0.136. The van der Waals surface area contributed by atoms with Gasteiger partial charge in [0.05, 0.1) is 5.02 Å². The van der Waals surface area contributed by atoms with E-state index >= 15 is 0 Å². The molecule has 0 heterocycles. The first-order chi connectivity index (χ1) is 8.56. The summed E-state index contributed by atoms with van der Waals surface area (Å²) in [5.41, 5.74) is 0. The third kappa shape index (κ3) is 4.20. The van der Waals surface area contributed by atoms with Crippen molar-refractivity contribution < 1.29 is 9.53 Å². The molecular weight excluding hydrogens is 252 g/mol. The number of hydrogen-bond donors (Lipinski definition) is 1.